The van der Waals surface area contributed by atoms with Crippen molar-refractivity contribution in [2.45, 2.75) is 39.7 Å². The number of rotatable bonds is 8. The highest BCUT2D eigenvalue weighted by atomic mass is 32.2. The van der Waals surface area contributed by atoms with Crippen molar-refractivity contribution < 1.29 is 12.8 Å². The maximum Gasteiger partial charge on any atom is 0.209 e. The Morgan fingerprint density at radius 3 is 2.52 bits per heavy atom. The third-order valence-corrected chi connectivity index (χ3v) is 4.35. The zero-order valence-corrected chi connectivity index (χ0v) is 16.4. The molecule has 8 heteroatoms. The molecule has 0 fully saturated rings. The van der Waals surface area contributed by atoms with Crippen LogP contribution in [0.1, 0.15) is 31.9 Å². The summed E-state index contributed by atoms with van der Waals surface area (Å²) < 4.78 is 38.5. The predicted octanol–water partition coefficient (Wildman–Crippen LogP) is 1.56. The Labute approximate surface area is 150 Å². The molecule has 1 aromatic carbocycles. The van der Waals surface area contributed by atoms with E-state index in [2.05, 4.69) is 20.3 Å². The summed E-state index contributed by atoms with van der Waals surface area (Å²) in [5, 5.41) is 6.34. The standard InChI is InChI=1S/C17H29FN4O2S/c1-6-19-16(21-12-17(3,4)22-25(5,23)24)20-10-9-14-7-8-15(18)11-13(14)2/h7-8,11,22H,6,9-10,12H2,1-5H3,(H2,19,20,21). The average Bonchev–Trinajstić information content (AvgIpc) is 2.44. The Hall–Kier alpha value is -1.67. The van der Waals surface area contributed by atoms with Crippen molar-refractivity contribution in [3.8, 4) is 0 Å². The fourth-order valence-electron chi connectivity index (χ4n) is 2.41. The molecule has 0 amide bonds. The minimum Gasteiger partial charge on any atom is -0.357 e. The molecule has 0 saturated heterocycles. The molecule has 0 unspecified atom stereocenters. The van der Waals surface area contributed by atoms with Crippen LogP contribution in [0.5, 0.6) is 0 Å². The monoisotopic (exact) mass is 372 g/mol. The van der Waals surface area contributed by atoms with E-state index in [-0.39, 0.29) is 5.82 Å². The topological polar surface area (TPSA) is 82.6 Å². The first-order chi connectivity index (χ1) is 11.5. The van der Waals surface area contributed by atoms with Gasteiger partial charge in [-0.2, -0.15) is 0 Å². The molecule has 1 rings (SSSR count). The second-order valence-electron chi connectivity index (χ2n) is 6.70. The highest BCUT2D eigenvalue weighted by molar-refractivity contribution is 7.88. The quantitative estimate of drug-likeness (QED) is 0.478. The molecule has 0 aliphatic carbocycles. The first-order valence-electron chi connectivity index (χ1n) is 8.28. The Morgan fingerprint density at radius 2 is 1.96 bits per heavy atom. The van der Waals surface area contributed by atoms with Gasteiger partial charge in [-0.05, 0) is 57.4 Å². The van der Waals surface area contributed by atoms with Gasteiger partial charge in [-0.1, -0.05) is 6.07 Å². The first kappa shape index (κ1) is 21.4. The van der Waals surface area contributed by atoms with Crippen LogP contribution in [-0.2, 0) is 16.4 Å². The minimum absolute atomic E-state index is 0.232. The van der Waals surface area contributed by atoms with E-state index in [4.69, 9.17) is 0 Å². The number of halogens is 1. The molecule has 0 spiro atoms. The van der Waals surface area contributed by atoms with Crippen molar-refractivity contribution in [1.82, 2.24) is 15.4 Å². The van der Waals surface area contributed by atoms with Crippen LogP contribution >= 0.6 is 0 Å². The van der Waals surface area contributed by atoms with E-state index in [1.165, 1.54) is 12.1 Å². The summed E-state index contributed by atoms with van der Waals surface area (Å²) in [5.74, 6) is 0.385. The van der Waals surface area contributed by atoms with Gasteiger partial charge in [-0.3, -0.25) is 4.99 Å². The number of hydrogen-bond acceptors (Lipinski definition) is 3. The maximum atomic E-state index is 13.1. The lowest BCUT2D eigenvalue weighted by molar-refractivity contribution is 0.464. The minimum atomic E-state index is -3.29. The van der Waals surface area contributed by atoms with Gasteiger partial charge in [-0.15, -0.1) is 0 Å². The molecule has 0 aliphatic heterocycles. The van der Waals surface area contributed by atoms with Crippen molar-refractivity contribution in [3.05, 3.63) is 35.1 Å². The smallest absolute Gasteiger partial charge is 0.209 e. The lowest BCUT2D eigenvalue weighted by atomic mass is 10.1. The van der Waals surface area contributed by atoms with E-state index < -0.39 is 15.6 Å². The van der Waals surface area contributed by atoms with E-state index in [1.54, 1.807) is 19.9 Å². The highest BCUT2D eigenvalue weighted by Crippen LogP contribution is 2.10. The molecule has 0 aliphatic rings. The number of aliphatic imine (C=N–C) groups is 1. The van der Waals surface area contributed by atoms with Crippen molar-refractivity contribution in [2.75, 3.05) is 25.9 Å². The van der Waals surface area contributed by atoms with Crippen molar-refractivity contribution in [1.29, 1.82) is 0 Å². The maximum absolute atomic E-state index is 13.1. The fraction of sp³-hybridized carbons (Fsp3) is 0.588. The normalized spacial score (nSPS) is 13.0. The van der Waals surface area contributed by atoms with Gasteiger partial charge < -0.3 is 10.6 Å². The Kier molecular flexibility index (Phi) is 7.82. The second-order valence-corrected chi connectivity index (χ2v) is 8.45. The Balaban J connectivity index is 2.64. The number of nitrogens with one attached hydrogen (secondary N) is 3. The summed E-state index contributed by atoms with van der Waals surface area (Å²) in [6.07, 6.45) is 1.87. The molecule has 1 aromatic rings. The van der Waals surface area contributed by atoms with Crippen LogP contribution in [0, 0.1) is 12.7 Å². The number of guanidine groups is 1. The first-order valence-corrected chi connectivity index (χ1v) is 10.2. The van der Waals surface area contributed by atoms with E-state index in [9.17, 15) is 12.8 Å². The van der Waals surface area contributed by atoms with Gasteiger partial charge >= 0.3 is 0 Å². The summed E-state index contributed by atoms with van der Waals surface area (Å²) >= 11 is 0. The number of nitrogens with zero attached hydrogens (tertiary/aromatic N) is 1. The molecular formula is C17H29FN4O2S. The van der Waals surface area contributed by atoms with Gasteiger partial charge in [0.25, 0.3) is 0 Å². The molecule has 0 atom stereocenters. The molecule has 3 N–H and O–H groups in total. The van der Waals surface area contributed by atoms with E-state index in [0.717, 1.165) is 23.8 Å². The largest absolute Gasteiger partial charge is 0.357 e. The van der Waals surface area contributed by atoms with Gasteiger partial charge in [0.2, 0.25) is 10.0 Å². The molecule has 0 saturated carbocycles. The third-order valence-electron chi connectivity index (χ3n) is 3.43. The summed E-state index contributed by atoms with van der Waals surface area (Å²) in [6.45, 7) is 9.04. The van der Waals surface area contributed by atoms with Gasteiger partial charge in [0, 0.05) is 18.6 Å². The Morgan fingerprint density at radius 1 is 1.28 bits per heavy atom. The van der Waals surface area contributed by atoms with Gasteiger partial charge in [-0.25, -0.2) is 17.5 Å². The van der Waals surface area contributed by atoms with E-state index in [0.29, 0.717) is 25.6 Å². The number of benzene rings is 1. The zero-order valence-electron chi connectivity index (χ0n) is 15.6. The molecule has 142 valence electrons. The zero-order chi connectivity index (χ0) is 19.1. The molecule has 0 heterocycles. The fourth-order valence-corrected chi connectivity index (χ4v) is 3.48. The average molecular weight is 373 g/mol. The molecule has 25 heavy (non-hydrogen) atoms. The van der Waals surface area contributed by atoms with E-state index in [1.807, 2.05) is 13.8 Å². The molecular weight excluding hydrogens is 343 g/mol. The van der Waals surface area contributed by atoms with Crippen LogP contribution in [-0.4, -0.2) is 45.8 Å². The van der Waals surface area contributed by atoms with Gasteiger partial charge in [0.1, 0.15) is 5.82 Å². The van der Waals surface area contributed by atoms with Crippen LogP contribution in [0.15, 0.2) is 23.2 Å². The summed E-state index contributed by atoms with van der Waals surface area (Å²) in [7, 11) is -3.29. The van der Waals surface area contributed by atoms with Crippen molar-refractivity contribution in [2.24, 2.45) is 4.99 Å². The molecule has 0 aromatic heterocycles. The molecule has 6 nitrogen and oxygen atoms in total. The second kappa shape index (κ2) is 9.15. The van der Waals surface area contributed by atoms with Crippen LogP contribution in [0.4, 0.5) is 4.39 Å². The van der Waals surface area contributed by atoms with Gasteiger partial charge in [0.05, 0.1) is 12.8 Å². The summed E-state index contributed by atoms with van der Waals surface area (Å²) in [5.41, 5.74) is 1.31. The lowest BCUT2D eigenvalue weighted by Gasteiger charge is -2.23. The van der Waals surface area contributed by atoms with Crippen LogP contribution in [0.25, 0.3) is 0 Å². The summed E-state index contributed by atoms with van der Waals surface area (Å²) in [4.78, 5) is 4.44. The lowest BCUT2D eigenvalue weighted by Crippen LogP contribution is -2.47. The molecule has 0 bridgehead atoms. The number of sulfonamides is 1. The SMILES string of the molecule is CCNC(=NCC(C)(C)NS(C)(=O)=O)NCCc1ccc(F)cc1C. The van der Waals surface area contributed by atoms with E-state index >= 15 is 0 Å². The van der Waals surface area contributed by atoms with Crippen molar-refractivity contribution >= 4 is 16.0 Å². The molecule has 0 radical (unpaired) electrons. The summed E-state index contributed by atoms with van der Waals surface area (Å²) in [6, 6.07) is 4.77. The van der Waals surface area contributed by atoms with Crippen LogP contribution in [0.2, 0.25) is 0 Å². The predicted molar refractivity (Wildman–Crippen MR) is 101 cm³/mol. The highest BCUT2D eigenvalue weighted by Gasteiger charge is 2.21. The third kappa shape index (κ3) is 8.83. The number of aryl methyl sites for hydroxylation is 1. The van der Waals surface area contributed by atoms with Crippen LogP contribution in [0.3, 0.4) is 0 Å². The van der Waals surface area contributed by atoms with Crippen LogP contribution < -0.4 is 15.4 Å². The number of hydrogen-bond donors (Lipinski definition) is 3. The Bertz CT molecular complexity index is 703. The van der Waals surface area contributed by atoms with Gasteiger partial charge in [0.15, 0.2) is 5.96 Å². The van der Waals surface area contributed by atoms with Crippen molar-refractivity contribution in [3.63, 3.8) is 0 Å².